The number of carbonyl (C=O) groups excluding carboxylic acids is 2. The number of nitrogens with zero attached hydrogens (tertiary/aromatic N) is 1. The zero-order valence-corrected chi connectivity index (χ0v) is 33.0. The van der Waals surface area contributed by atoms with Crippen LogP contribution in [0.4, 0.5) is 15.8 Å². The number of aryl methyl sites for hydroxylation is 1. The number of rotatable bonds is 8. The molecule has 3 N–H and O–H groups in total. The van der Waals surface area contributed by atoms with E-state index in [0.717, 1.165) is 64.6 Å². The van der Waals surface area contributed by atoms with Crippen molar-refractivity contribution in [2.75, 3.05) is 17.4 Å². The fourth-order valence-corrected chi connectivity index (χ4v) is 9.42. The number of fused-ring (bicyclic) bond motifs is 6. The number of benzene rings is 4. The quantitative estimate of drug-likeness (QED) is 0.142. The summed E-state index contributed by atoms with van der Waals surface area (Å²) in [4.78, 5) is 30.8. The molecule has 2 saturated carbocycles. The summed E-state index contributed by atoms with van der Waals surface area (Å²) >= 11 is 0. The van der Waals surface area contributed by atoms with Crippen LogP contribution < -0.4 is 29.6 Å². The first-order valence-corrected chi connectivity index (χ1v) is 20.3. The van der Waals surface area contributed by atoms with Gasteiger partial charge in [0.1, 0.15) is 5.82 Å². The van der Waals surface area contributed by atoms with E-state index >= 15 is 4.39 Å². The Bertz CT molecular complexity index is 2740. The van der Waals surface area contributed by atoms with E-state index < -0.39 is 22.9 Å². The molecule has 10 nitrogen and oxygen atoms in total. The van der Waals surface area contributed by atoms with Crippen molar-refractivity contribution in [3.8, 4) is 23.0 Å². The van der Waals surface area contributed by atoms with Crippen LogP contribution in [-0.2, 0) is 37.8 Å². The van der Waals surface area contributed by atoms with Crippen LogP contribution in [-0.4, -0.2) is 34.4 Å². The highest BCUT2D eigenvalue weighted by atomic mass is 19.1. The highest BCUT2D eigenvalue weighted by Crippen LogP contribution is 2.53. The molecule has 11 rings (SSSR count). The number of ether oxygens (including phenoxy) is 4. The minimum Gasteiger partial charge on any atom is -0.454 e. The van der Waals surface area contributed by atoms with Crippen molar-refractivity contribution in [2.24, 2.45) is 0 Å². The topological polar surface area (TPSA) is 116 Å². The molecule has 58 heavy (non-hydrogen) atoms. The van der Waals surface area contributed by atoms with Gasteiger partial charge in [-0.2, -0.15) is 0 Å². The summed E-state index contributed by atoms with van der Waals surface area (Å²) in [5.74, 6) is 1.97. The molecule has 2 unspecified atom stereocenters. The van der Waals surface area contributed by atoms with Gasteiger partial charge < -0.3 is 39.1 Å². The zero-order chi connectivity index (χ0) is 39.8. The van der Waals surface area contributed by atoms with E-state index in [1.807, 2.05) is 48.5 Å². The monoisotopic (exact) mass is 780 g/mol. The summed E-state index contributed by atoms with van der Waals surface area (Å²) < 4.78 is 41.5. The Morgan fingerprint density at radius 3 is 2.21 bits per heavy atom. The van der Waals surface area contributed by atoms with Crippen LogP contribution in [0.2, 0.25) is 0 Å². The Kier molecular flexibility index (Phi) is 7.31. The van der Waals surface area contributed by atoms with Crippen molar-refractivity contribution in [1.29, 1.82) is 0 Å². The molecule has 0 radical (unpaired) electrons. The van der Waals surface area contributed by atoms with Crippen LogP contribution in [0.15, 0.2) is 78.9 Å². The summed E-state index contributed by atoms with van der Waals surface area (Å²) in [6.45, 7) is 9.63. The zero-order valence-electron chi connectivity index (χ0n) is 33.0. The number of carbonyl (C=O) groups is 2. The molecule has 2 amide bonds. The van der Waals surface area contributed by atoms with E-state index in [0.29, 0.717) is 47.8 Å². The van der Waals surface area contributed by atoms with Gasteiger partial charge in [0.05, 0.1) is 16.5 Å². The molecular formula is C47H45FN4O6. The highest BCUT2D eigenvalue weighted by molar-refractivity contribution is 6.04. The number of nitrogens with one attached hydrogen (secondary N) is 3. The van der Waals surface area contributed by atoms with Crippen LogP contribution in [0.5, 0.6) is 23.0 Å². The maximum absolute atomic E-state index is 15.3. The first-order valence-electron chi connectivity index (χ1n) is 20.3. The third-order valence-corrected chi connectivity index (χ3v) is 13.4. The predicted molar refractivity (Wildman–Crippen MR) is 219 cm³/mol. The average Bonchev–Trinajstić information content (AvgIpc) is 3.88. The Hall–Kier alpha value is -5.97. The number of aromatic amines is 1. The highest BCUT2D eigenvalue weighted by Gasteiger charge is 2.53. The lowest BCUT2D eigenvalue weighted by Crippen LogP contribution is -2.30. The second kappa shape index (κ2) is 12.0. The largest absolute Gasteiger partial charge is 0.454 e. The number of halogens is 1. The maximum Gasteiger partial charge on any atom is 0.242 e. The lowest BCUT2D eigenvalue weighted by atomic mass is 9.82. The summed E-state index contributed by atoms with van der Waals surface area (Å²) in [6.07, 6.45) is 3.99. The average molecular weight is 781 g/mol. The molecule has 2 atom stereocenters. The van der Waals surface area contributed by atoms with E-state index in [9.17, 15) is 9.59 Å². The third-order valence-electron chi connectivity index (χ3n) is 13.4. The molecule has 5 heterocycles. The Morgan fingerprint density at radius 2 is 1.47 bits per heavy atom. The number of anilines is 2. The van der Waals surface area contributed by atoms with Gasteiger partial charge in [-0.05, 0) is 104 Å². The van der Waals surface area contributed by atoms with Crippen molar-refractivity contribution in [3.63, 3.8) is 0 Å². The van der Waals surface area contributed by atoms with Gasteiger partial charge in [-0.1, -0.05) is 39.8 Å². The molecule has 0 bridgehead atoms. The van der Waals surface area contributed by atoms with E-state index in [4.69, 9.17) is 18.9 Å². The molecule has 3 aliphatic heterocycles. The smallest absolute Gasteiger partial charge is 0.242 e. The van der Waals surface area contributed by atoms with Gasteiger partial charge in [0.2, 0.25) is 24.9 Å². The van der Waals surface area contributed by atoms with Gasteiger partial charge in [0, 0.05) is 68.7 Å². The van der Waals surface area contributed by atoms with Gasteiger partial charge in [-0.25, -0.2) is 4.39 Å². The van der Waals surface area contributed by atoms with Gasteiger partial charge >= 0.3 is 0 Å². The first-order chi connectivity index (χ1) is 27.8. The lowest BCUT2D eigenvalue weighted by Gasteiger charge is -2.26. The van der Waals surface area contributed by atoms with Crippen molar-refractivity contribution >= 4 is 45.0 Å². The maximum atomic E-state index is 15.3. The lowest BCUT2D eigenvalue weighted by molar-refractivity contribution is -0.119. The first kappa shape index (κ1) is 35.2. The molecule has 0 saturated heterocycles. The van der Waals surface area contributed by atoms with Crippen LogP contribution >= 0.6 is 0 Å². The molecule has 296 valence electrons. The van der Waals surface area contributed by atoms with Crippen LogP contribution in [0.1, 0.15) is 88.7 Å². The minimum absolute atomic E-state index is 0.00750. The summed E-state index contributed by atoms with van der Waals surface area (Å²) in [5.41, 5.74) is 5.14. The number of H-pyrrole nitrogens is 1. The number of hydrogen-bond acceptors (Lipinski definition) is 6. The molecule has 0 spiro atoms. The van der Waals surface area contributed by atoms with E-state index in [1.54, 1.807) is 6.07 Å². The SMILES string of the molecule is CC(C)(C)c1cc2cc(NC(=O)C3(c4ccc5c(c4)OC(CC4(C)CCn6c4cc4cc(NC(=O)C7(c8ccc9c(c8)OCO9)CC7)ccc46)O5)CC3)c(F)cc2[nH]1. The summed E-state index contributed by atoms with van der Waals surface area (Å²) in [7, 11) is 0. The molecule has 2 aromatic heterocycles. The number of amides is 2. The van der Waals surface area contributed by atoms with E-state index in [1.165, 1.54) is 11.8 Å². The van der Waals surface area contributed by atoms with Gasteiger partial charge in [0.15, 0.2) is 23.0 Å². The van der Waals surface area contributed by atoms with E-state index in [-0.39, 0.29) is 35.1 Å². The van der Waals surface area contributed by atoms with Crippen molar-refractivity contribution in [1.82, 2.24) is 9.55 Å². The molecule has 5 aliphatic rings. The molecule has 6 aromatic rings. The summed E-state index contributed by atoms with van der Waals surface area (Å²) in [6, 6.07) is 25.1. The van der Waals surface area contributed by atoms with Crippen LogP contribution in [0, 0.1) is 5.82 Å². The molecule has 4 aromatic carbocycles. The minimum atomic E-state index is -0.756. The van der Waals surface area contributed by atoms with Gasteiger partial charge in [-0.3, -0.25) is 9.59 Å². The van der Waals surface area contributed by atoms with E-state index in [2.05, 4.69) is 66.1 Å². The molecule has 11 heteroatoms. The molecule has 2 fully saturated rings. The Labute approximate surface area is 335 Å². The molecule has 2 aliphatic carbocycles. The van der Waals surface area contributed by atoms with Gasteiger partial charge in [0.25, 0.3) is 0 Å². The molecular weight excluding hydrogens is 736 g/mol. The third kappa shape index (κ3) is 5.49. The summed E-state index contributed by atoms with van der Waals surface area (Å²) in [5, 5.41) is 8.04. The second-order valence-electron chi connectivity index (χ2n) is 18.3. The fourth-order valence-electron chi connectivity index (χ4n) is 9.42. The fraction of sp³-hybridized carbons (Fsp3) is 0.362. The van der Waals surface area contributed by atoms with Gasteiger partial charge in [-0.15, -0.1) is 0 Å². The standard InChI is InChI=1S/C47H45FN4O6/c1-44(2,3)39-19-26-18-33(31(48)23-32(26)50-39)51-43(54)47(13-14-47)29-6-10-36-38(22-29)58-41(57-36)24-45(4)15-16-52-34-8-7-30(17-27(34)20-40(45)52)49-42(53)46(11-12-46)28-5-9-35-37(21-28)56-25-55-35/h5-10,17-23,41,50H,11-16,24-25H2,1-4H3,(H,49,53)(H,51,54). The Balaban J connectivity index is 0.774. The number of hydrogen-bond donors (Lipinski definition) is 3. The Morgan fingerprint density at radius 1 is 0.776 bits per heavy atom. The van der Waals surface area contributed by atoms with Crippen molar-refractivity contribution in [3.05, 3.63) is 107 Å². The second-order valence-corrected chi connectivity index (χ2v) is 18.3. The van der Waals surface area contributed by atoms with Crippen molar-refractivity contribution < 1.29 is 32.9 Å². The van der Waals surface area contributed by atoms with Crippen molar-refractivity contribution in [2.45, 2.75) is 101 Å². The normalized spacial score (nSPS) is 21.6. The predicted octanol–water partition coefficient (Wildman–Crippen LogP) is 9.48. The van der Waals surface area contributed by atoms with Crippen LogP contribution in [0.25, 0.3) is 21.8 Å². The number of aromatic nitrogens is 2. The van der Waals surface area contributed by atoms with Crippen LogP contribution in [0.3, 0.4) is 0 Å².